The number of rotatable bonds is 6. The van der Waals surface area contributed by atoms with Crippen LogP contribution in [0.5, 0.6) is 0 Å². The van der Waals surface area contributed by atoms with Crippen molar-refractivity contribution in [3.8, 4) is 0 Å². The predicted octanol–water partition coefficient (Wildman–Crippen LogP) is 1.72. The molecule has 1 aromatic rings. The van der Waals surface area contributed by atoms with Crippen LogP contribution in [0.1, 0.15) is 35.6 Å². The third kappa shape index (κ3) is 4.52. The number of aromatic nitrogens is 1. The molecule has 1 fully saturated rings. The molecule has 11 heteroatoms. The number of hydrogen-bond donors (Lipinski definition) is 1. The van der Waals surface area contributed by atoms with Crippen LogP contribution in [0.3, 0.4) is 0 Å². The first-order valence-corrected chi connectivity index (χ1v) is 8.29. The van der Waals surface area contributed by atoms with Gasteiger partial charge in [-0.05, 0) is 33.8 Å². The molecular formula is C17H20F3N3O5. The van der Waals surface area contributed by atoms with Crippen LogP contribution in [0.25, 0.3) is 0 Å². The van der Waals surface area contributed by atoms with Gasteiger partial charge in [0.25, 0.3) is 5.91 Å². The Hall–Kier alpha value is -2.85. The van der Waals surface area contributed by atoms with Crippen LogP contribution in [0.4, 0.5) is 18.0 Å². The topological polar surface area (TPSA) is 97.7 Å². The number of imide groups is 1. The normalized spacial score (nSPS) is 16.3. The van der Waals surface area contributed by atoms with E-state index in [2.05, 4.69) is 5.32 Å². The van der Waals surface area contributed by atoms with Crippen LogP contribution >= 0.6 is 0 Å². The lowest BCUT2D eigenvalue weighted by Crippen LogP contribution is -2.41. The molecule has 2 rings (SSSR count). The molecule has 0 aliphatic carbocycles. The summed E-state index contributed by atoms with van der Waals surface area (Å²) in [7, 11) is 0. The molecule has 8 nitrogen and oxygen atoms in total. The number of urea groups is 1. The monoisotopic (exact) mass is 403 g/mol. The van der Waals surface area contributed by atoms with Crippen LogP contribution in [-0.4, -0.2) is 58.0 Å². The fraction of sp³-hybridized carbons (Fsp3) is 0.529. The molecule has 1 saturated heterocycles. The zero-order chi connectivity index (χ0) is 21.4. The highest BCUT2D eigenvalue weighted by atomic mass is 19.4. The second kappa shape index (κ2) is 7.28. The van der Waals surface area contributed by atoms with E-state index in [0.717, 1.165) is 4.57 Å². The second-order valence-electron chi connectivity index (χ2n) is 7.02. The van der Waals surface area contributed by atoms with Gasteiger partial charge in [0.2, 0.25) is 5.78 Å². The quantitative estimate of drug-likeness (QED) is 0.443. The van der Waals surface area contributed by atoms with E-state index in [1.807, 2.05) is 0 Å². The van der Waals surface area contributed by atoms with Crippen molar-refractivity contribution < 1.29 is 37.1 Å². The number of ketones is 1. The lowest BCUT2D eigenvalue weighted by atomic mass is 10.1. The summed E-state index contributed by atoms with van der Waals surface area (Å²) in [5, 5.41) is 2.39. The van der Waals surface area contributed by atoms with E-state index in [1.54, 1.807) is 0 Å². The molecule has 0 radical (unpaired) electrons. The number of amides is 3. The van der Waals surface area contributed by atoms with Crippen LogP contribution in [-0.2, 0) is 20.9 Å². The Balaban J connectivity index is 1.99. The van der Waals surface area contributed by atoms with Gasteiger partial charge in [0.05, 0.1) is 0 Å². The van der Waals surface area contributed by atoms with Crippen molar-refractivity contribution in [1.29, 1.82) is 0 Å². The summed E-state index contributed by atoms with van der Waals surface area (Å²) in [6.07, 6.45) is -4.45. The lowest BCUT2D eigenvalue weighted by Gasteiger charge is -2.15. The number of nitrogens with one attached hydrogen (secondary N) is 1. The molecule has 1 aliphatic heterocycles. The maximum absolute atomic E-state index is 12.6. The minimum atomic E-state index is -4.45. The number of carbonyl (C=O) groups is 4. The Morgan fingerprint density at radius 3 is 2.32 bits per heavy atom. The minimum Gasteiger partial charge on any atom is -0.456 e. The van der Waals surface area contributed by atoms with Crippen molar-refractivity contribution in [3.05, 3.63) is 23.0 Å². The van der Waals surface area contributed by atoms with Crippen LogP contribution in [0.15, 0.2) is 6.07 Å². The summed E-state index contributed by atoms with van der Waals surface area (Å²) >= 11 is 0. The first-order valence-electron chi connectivity index (χ1n) is 8.29. The van der Waals surface area contributed by atoms with Gasteiger partial charge in [-0.25, -0.2) is 4.79 Å². The molecule has 28 heavy (non-hydrogen) atoms. The van der Waals surface area contributed by atoms with Crippen LogP contribution in [0.2, 0.25) is 0 Å². The fourth-order valence-corrected chi connectivity index (χ4v) is 2.87. The smallest absolute Gasteiger partial charge is 0.406 e. The average Bonchev–Trinajstić information content (AvgIpc) is 2.92. The number of esters is 1. The molecule has 0 aromatic carbocycles. The molecule has 0 unspecified atom stereocenters. The number of nitrogens with zero attached hydrogens (tertiary/aromatic N) is 2. The first kappa shape index (κ1) is 21.5. The highest BCUT2D eigenvalue weighted by Gasteiger charge is 2.45. The van der Waals surface area contributed by atoms with E-state index in [1.165, 1.54) is 33.8 Å². The highest BCUT2D eigenvalue weighted by Crippen LogP contribution is 2.23. The van der Waals surface area contributed by atoms with Gasteiger partial charge in [-0.3, -0.25) is 19.3 Å². The van der Waals surface area contributed by atoms with E-state index in [0.29, 0.717) is 4.90 Å². The molecule has 3 amide bonds. The molecule has 0 spiro atoms. The Labute approximate surface area is 158 Å². The fourth-order valence-electron chi connectivity index (χ4n) is 2.87. The Morgan fingerprint density at radius 1 is 1.21 bits per heavy atom. The van der Waals surface area contributed by atoms with Gasteiger partial charge in [0, 0.05) is 17.0 Å². The van der Waals surface area contributed by atoms with Crippen molar-refractivity contribution in [2.24, 2.45) is 0 Å². The first-order chi connectivity index (χ1) is 12.7. The molecular weight excluding hydrogens is 383 g/mol. The molecule has 1 aromatic heterocycles. The largest absolute Gasteiger partial charge is 0.456 e. The highest BCUT2D eigenvalue weighted by molar-refractivity contribution is 6.08. The van der Waals surface area contributed by atoms with E-state index < -0.39 is 55.1 Å². The SMILES string of the molecule is Cc1cc(C(=O)COC(=O)CN2C(=O)NC(C)(C)C2=O)c(C)n1CC(F)(F)F. The maximum Gasteiger partial charge on any atom is 0.406 e. The summed E-state index contributed by atoms with van der Waals surface area (Å²) in [4.78, 5) is 48.5. The molecule has 1 N–H and O–H groups in total. The summed E-state index contributed by atoms with van der Waals surface area (Å²) in [6.45, 7) is 3.11. The number of ether oxygens (including phenoxy) is 1. The third-order valence-electron chi connectivity index (χ3n) is 4.31. The average molecular weight is 403 g/mol. The number of carbonyl (C=O) groups excluding carboxylic acids is 4. The molecule has 1 aliphatic rings. The van der Waals surface area contributed by atoms with Crippen molar-refractivity contribution in [2.75, 3.05) is 13.2 Å². The zero-order valence-electron chi connectivity index (χ0n) is 15.8. The Kier molecular flexibility index (Phi) is 5.58. The van der Waals surface area contributed by atoms with Gasteiger partial charge in [-0.1, -0.05) is 0 Å². The number of hydrogen-bond acceptors (Lipinski definition) is 5. The van der Waals surface area contributed by atoms with Crippen molar-refractivity contribution in [3.63, 3.8) is 0 Å². The minimum absolute atomic E-state index is 0.00525. The number of Topliss-reactive ketones (excluding diaryl/α,β-unsaturated/α-hetero) is 1. The molecule has 2 heterocycles. The summed E-state index contributed by atoms with van der Waals surface area (Å²) in [5.41, 5.74) is -0.799. The molecule has 154 valence electrons. The lowest BCUT2D eigenvalue weighted by molar-refractivity contribution is -0.146. The predicted molar refractivity (Wildman–Crippen MR) is 89.6 cm³/mol. The molecule has 0 atom stereocenters. The van der Waals surface area contributed by atoms with Gasteiger partial charge in [-0.2, -0.15) is 13.2 Å². The molecule has 0 bridgehead atoms. The Bertz CT molecular complexity index is 842. The van der Waals surface area contributed by atoms with Crippen LogP contribution in [0, 0.1) is 13.8 Å². The van der Waals surface area contributed by atoms with E-state index in [9.17, 15) is 32.3 Å². The van der Waals surface area contributed by atoms with Crippen molar-refractivity contribution >= 4 is 23.7 Å². The van der Waals surface area contributed by atoms with Gasteiger partial charge < -0.3 is 14.6 Å². The molecule has 0 saturated carbocycles. The van der Waals surface area contributed by atoms with Crippen LogP contribution < -0.4 is 5.32 Å². The van der Waals surface area contributed by atoms with Crippen molar-refractivity contribution in [2.45, 2.75) is 46.0 Å². The van der Waals surface area contributed by atoms with Gasteiger partial charge in [0.1, 0.15) is 18.6 Å². The van der Waals surface area contributed by atoms with Gasteiger partial charge >= 0.3 is 18.2 Å². The van der Waals surface area contributed by atoms with Gasteiger partial charge in [0.15, 0.2) is 6.61 Å². The zero-order valence-corrected chi connectivity index (χ0v) is 15.8. The second-order valence-corrected chi connectivity index (χ2v) is 7.02. The number of halogens is 3. The number of alkyl halides is 3. The maximum atomic E-state index is 12.6. The van der Waals surface area contributed by atoms with E-state index in [-0.39, 0.29) is 17.0 Å². The Morgan fingerprint density at radius 2 is 1.82 bits per heavy atom. The van der Waals surface area contributed by atoms with E-state index >= 15 is 0 Å². The standard InChI is InChI=1S/C17H20F3N3O5/c1-9-5-11(10(2)23(9)8-17(18,19)20)12(24)7-28-13(25)6-22-14(26)16(3,4)21-15(22)27/h5H,6-8H2,1-4H3,(H,21,27). The summed E-state index contributed by atoms with van der Waals surface area (Å²) in [6, 6.07) is 0.533. The summed E-state index contributed by atoms with van der Waals surface area (Å²) < 4.78 is 43.7. The van der Waals surface area contributed by atoms with E-state index in [4.69, 9.17) is 4.74 Å². The van der Waals surface area contributed by atoms with Gasteiger partial charge in [-0.15, -0.1) is 0 Å². The number of aryl methyl sites for hydroxylation is 1. The van der Waals surface area contributed by atoms with Crippen molar-refractivity contribution in [1.82, 2.24) is 14.8 Å². The third-order valence-corrected chi connectivity index (χ3v) is 4.31. The summed E-state index contributed by atoms with van der Waals surface area (Å²) in [5.74, 6) is -2.29.